The molecule has 6 heteroatoms. The van der Waals surface area contributed by atoms with Crippen LogP contribution in [0.1, 0.15) is 88.6 Å². The molecule has 0 amide bonds. The van der Waals surface area contributed by atoms with Crippen molar-refractivity contribution in [3.8, 4) is 5.75 Å². The average Bonchev–Trinajstić information content (AvgIpc) is 2.86. The summed E-state index contributed by atoms with van der Waals surface area (Å²) in [5.41, 5.74) is 6.05. The Morgan fingerprint density at radius 3 is 2.41 bits per heavy atom. The summed E-state index contributed by atoms with van der Waals surface area (Å²) in [6.45, 7) is 11.3. The van der Waals surface area contributed by atoms with Crippen LogP contribution in [0, 0.1) is 11.7 Å². The lowest BCUT2D eigenvalue weighted by Crippen LogP contribution is -2.24. The fourth-order valence-electron chi connectivity index (χ4n) is 3.45. The molecule has 0 bridgehead atoms. The van der Waals surface area contributed by atoms with Gasteiger partial charge in [0.25, 0.3) is 0 Å². The van der Waals surface area contributed by atoms with Crippen LogP contribution in [0.5, 0.6) is 5.75 Å². The molecule has 1 saturated carbocycles. The van der Waals surface area contributed by atoms with Crippen LogP contribution in [0.15, 0.2) is 36.5 Å². The summed E-state index contributed by atoms with van der Waals surface area (Å²) >= 11 is 6.26. The van der Waals surface area contributed by atoms with Crippen molar-refractivity contribution >= 4 is 17.9 Å². The number of halogens is 2. The maximum atomic E-state index is 13.7. The van der Waals surface area contributed by atoms with Crippen LogP contribution in [0.4, 0.5) is 4.39 Å². The van der Waals surface area contributed by atoms with Crippen molar-refractivity contribution in [3.05, 3.63) is 58.6 Å². The number of nitrogens with two attached hydrogens (primary N) is 1. The van der Waals surface area contributed by atoms with E-state index in [9.17, 15) is 9.18 Å². The predicted molar refractivity (Wildman–Crippen MR) is 133 cm³/mol. The molecule has 0 aliphatic heterocycles. The monoisotopic (exact) mass is 466 g/mol. The van der Waals surface area contributed by atoms with Crippen LogP contribution in [0.2, 0.25) is 5.15 Å². The summed E-state index contributed by atoms with van der Waals surface area (Å²) < 4.78 is 19.5. The Morgan fingerprint density at radius 1 is 1.16 bits per heavy atom. The van der Waals surface area contributed by atoms with Gasteiger partial charge in [-0.1, -0.05) is 71.2 Å². The van der Waals surface area contributed by atoms with Crippen LogP contribution >= 0.6 is 11.6 Å². The molecule has 1 aliphatic carbocycles. The van der Waals surface area contributed by atoms with E-state index in [1.807, 2.05) is 39.8 Å². The number of benzene rings is 1. The van der Waals surface area contributed by atoms with E-state index in [4.69, 9.17) is 22.1 Å². The van der Waals surface area contributed by atoms with Crippen LogP contribution in [0.25, 0.3) is 0 Å². The van der Waals surface area contributed by atoms with E-state index in [0.29, 0.717) is 23.8 Å². The lowest BCUT2D eigenvalue weighted by atomic mass is 9.76. The van der Waals surface area contributed by atoms with E-state index in [-0.39, 0.29) is 17.4 Å². The Labute approximate surface area is 198 Å². The summed E-state index contributed by atoms with van der Waals surface area (Å²) in [5.74, 6) is 0.279. The standard InChI is InChI=1S/C19H19ClFNO2.C3H9N.2C2H6/c20-19-15(7-4-10-22-19)14-6-2-1-5-13(14)12-24-18-9-3-8-17(21)16(18)11-23;1-2-3-4;2*1-2/h3-4,7-11,13-14H,1-2,5-6,12H2;2-4H2,1H3;2*1-2H3. The molecule has 0 radical (unpaired) electrons. The smallest absolute Gasteiger partial charge is 0.156 e. The van der Waals surface area contributed by atoms with Crippen LogP contribution in [0.3, 0.4) is 0 Å². The van der Waals surface area contributed by atoms with Gasteiger partial charge in [-0.2, -0.15) is 0 Å². The number of pyridine rings is 1. The topological polar surface area (TPSA) is 65.2 Å². The first-order valence-corrected chi connectivity index (χ1v) is 12.2. The number of aromatic nitrogens is 1. The largest absolute Gasteiger partial charge is 0.492 e. The van der Waals surface area contributed by atoms with Gasteiger partial charge in [-0.05, 0) is 61.4 Å². The molecule has 2 atom stereocenters. The first kappa shape index (κ1) is 30.0. The van der Waals surface area contributed by atoms with Crippen molar-refractivity contribution in [3.63, 3.8) is 0 Å². The second-order valence-corrected chi connectivity index (χ2v) is 7.26. The highest BCUT2D eigenvalue weighted by atomic mass is 35.5. The van der Waals surface area contributed by atoms with Gasteiger partial charge in [0.2, 0.25) is 0 Å². The van der Waals surface area contributed by atoms with Gasteiger partial charge in [0.15, 0.2) is 6.29 Å². The normalized spacial score (nSPS) is 16.8. The Morgan fingerprint density at radius 2 is 1.81 bits per heavy atom. The molecular weight excluding hydrogens is 427 g/mol. The van der Waals surface area contributed by atoms with Gasteiger partial charge in [0.1, 0.15) is 16.7 Å². The first-order valence-electron chi connectivity index (χ1n) is 11.8. The second kappa shape index (κ2) is 18.6. The van der Waals surface area contributed by atoms with Crippen molar-refractivity contribution < 1.29 is 13.9 Å². The van der Waals surface area contributed by atoms with Crippen molar-refractivity contribution in [2.75, 3.05) is 13.2 Å². The molecule has 1 aromatic carbocycles. The van der Waals surface area contributed by atoms with E-state index >= 15 is 0 Å². The quantitative estimate of drug-likeness (QED) is 0.354. The van der Waals surface area contributed by atoms with Gasteiger partial charge in [-0.25, -0.2) is 9.37 Å². The van der Waals surface area contributed by atoms with Crippen molar-refractivity contribution in [1.82, 2.24) is 4.98 Å². The maximum Gasteiger partial charge on any atom is 0.156 e. The summed E-state index contributed by atoms with van der Waals surface area (Å²) in [5, 5.41) is 0.536. The minimum absolute atomic E-state index is 0.0238. The highest BCUT2D eigenvalue weighted by Gasteiger charge is 2.29. The van der Waals surface area contributed by atoms with Crippen molar-refractivity contribution in [2.24, 2.45) is 11.7 Å². The molecule has 180 valence electrons. The third kappa shape index (κ3) is 9.66. The van der Waals surface area contributed by atoms with Crippen LogP contribution in [-0.2, 0) is 0 Å². The molecule has 1 heterocycles. The molecule has 1 fully saturated rings. The predicted octanol–water partition coefficient (Wildman–Crippen LogP) is 7.45. The number of aldehydes is 1. The van der Waals surface area contributed by atoms with E-state index in [1.54, 1.807) is 18.3 Å². The van der Waals surface area contributed by atoms with E-state index in [2.05, 4.69) is 11.9 Å². The molecule has 2 unspecified atom stereocenters. The van der Waals surface area contributed by atoms with E-state index < -0.39 is 5.82 Å². The Bertz CT molecular complexity index is 756. The molecule has 4 nitrogen and oxygen atoms in total. The number of carbonyl (C=O) groups is 1. The summed E-state index contributed by atoms with van der Waals surface area (Å²) in [6, 6.07) is 8.34. The third-order valence-corrected chi connectivity index (χ3v) is 5.28. The number of ether oxygens (including phenoxy) is 1. The molecule has 2 aromatic rings. The number of rotatable bonds is 6. The summed E-state index contributed by atoms with van der Waals surface area (Å²) in [6.07, 6.45) is 7.60. The maximum absolute atomic E-state index is 13.7. The summed E-state index contributed by atoms with van der Waals surface area (Å²) in [4.78, 5) is 15.3. The molecule has 0 saturated heterocycles. The Hall–Kier alpha value is -1.98. The first-order chi connectivity index (χ1) is 15.6. The number of hydrogen-bond donors (Lipinski definition) is 1. The van der Waals surface area contributed by atoms with Gasteiger partial charge in [0.05, 0.1) is 12.2 Å². The van der Waals surface area contributed by atoms with Crippen molar-refractivity contribution in [2.45, 2.75) is 72.6 Å². The Kier molecular flexibility index (Phi) is 17.4. The zero-order chi connectivity index (χ0) is 24.4. The van der Waals surface area contributed by atoms with Crippen LogP contribution < -0.4 is 10.5 Å². The van der Waals surface area contributed by atoms with Crippen LogP contribution in [-0.4, -0.2) is 24.4 Å². The van der Waals surface area contributed by atoms with E-state index in [0.717, 1.165) is 44.2 Å². The lowest BCUT2D eigenvalue weighted by molar-refractivity contribution is 0.111. The zero-order valence-electron chi connectivity index (χ0n) is 20.2. The Balaban J connectivity index is 0.00000106. The molecular formula is C26H40ClFN2O2. The van der Waals surface area contributed by atoms with Gasteiger partial charge >= 0.3 is 0 Å². The highest BCUT2D eigenvalue weighted by molar-refractivity contribution is 6.30. The molecule has 1 aromatic heterocycles. The minimum atomic E-state index is -0.557. The summed E-state index contributed by atoms with van der Waals surface area (Å²) in [7, 11) is 0. The number of nitrogens with zero attached hydrogens (tertiary/aromatic N) is 1. The molecule has 1 aliphatic rings. The lowest BCUT2D eigenvalue weighted by Gasteiger charge is -2.32. The van der Waals surface area contributed by atoms with Crippen molar-refractivity contribution in [1.29, 1.82) is 0 Å². The zero-order valence-corrected chi connectivity index (χ0v) is 21.0. The number of hydrogen-bond acceptors (Lipinski definition) is 4. The molecule has 3 rings (SSSR count). The highest BCUT2D eigenvalue weighted by Crippen LogP contribution is 2.40. The number of carbonyl (C=O) groups excluding carboxylic acids is 1. The third-order valence-electron chi connectivity index (χ3n) is 4.97. The molecule has 2 N–H and O–H groups in total. The fraction of sp³-hybridized carbons (Fsp3) is 0.538. The van der Waals surface area contributed by atoms with Gasteiger partial charge in [-0.3, -0.25) is 4.79 Å². The second-order valence-electron chi connectivity index (χ2n) is 6.90. The van der Waals surface area contributed by atoms with E-state index in [1.165, 1.54) is 6.07 Å². The SMILES string of the molecule is CC.CC.CCCN.O=Cc1c(F)cccc1OCC1CCCCC1c1cccnc1Cl. The molecule has 0 spiro atoms. The fourth-order valence-corrected chi connectivity index (χ4v) is 3.71. The van der Waals surface area contributed by atoms with Gasteiger partial charge in [0, 0.05) is 6.20 Å². The van der Waals surface area contributed by atoms with Gasteiger partial charge in [-0.15, -0.1) is 0 Å². The average molecular weight is 467 g/mol. The van der Waals surface area contributed by atoms with Gasteiger partial charge < -0.3 is 10.5 Å². The minimum Gasteiger partial charge on any atom is -0.492 e. The molecule has 32 heavy (non-hydrogen) atoms.